The largest absolute Gasteiger partial charge is 0.473 e. The first-order valence-corrected chi connectivity index (χ1v) is 10.4. The number of hydrogen-bond acceptors (Lipinski definition) is 6. The van der Waals surface area contributed by atoms with Gasteiger partial charge in [0, 0.05) is 51.5 Å². The van der Waals surface area contributed by atoms with Crippen LogP contribution in [0, 0.1) is 0 Å². The Morgan fingerprint density at radius 3 is 2.24 bits per heavy atom. The van der Waals surface area contributed by atoms with Gasteiger partial charge >= 0.3 is 11.9 Å². The second-order valence-electron chi connectivity index (χ2n) is 7.82. The van der Waals surface area contributed by atoms with Crippen LogP contribution >= 0.6 is 0 Å². The summed E-state index contributed by atoms with van der Waals surface area (Å²) in [5, 5.41) is 14.8. The molecule has 10 nitrogen and oxygen atoms in total. The van der Waals surface area contributed by atoms with Gasteiger partial charge in [0.25, 0.3) is 5.91 Å². The number of aromatic amines is 1. The minimum atomic E-state index is -1.82. The normalized spacial score (nSPS) is 13.8. The summed E-state index contributed by atoms with van der Waals surface area (Å²) in [6.07, 6.45) is 0. The zero-order chi connectivity index (χ0) is 24.0. The predicted molar refractivity (Wildman–Crippen MR) is 123 cm³/mol. The molecule has 1 amide bonds. The van der Waals surface area contributed by atoms with Crippen LogP contribution in [0.5, 0.6) is 0 Å². The van der Waals surface area contributed by atoms with Crippen LogP contribution in [-0.4, -0.2) is 88.1 Å². The molecule has 2 aromatic carbocycles. The van der Waals surface area contributed by atoms with E-state index in [2.05, 4.69) is 14.9 Å². The number of carbonyl (C=O) groups excluding carboxylic acids is 1. The molecule has 1 fully saturated rings. The number of fused-ring (bicyclic) bond motifs is 1. The molecule has 0 radical (unpaired) electrons. The third-order valence-electron chi connectivity index (χ3n) is 5.26. The van der Waals surface area contributed by atoms with Gasteiger partial charge in [-0.15, -0.1) is 0 Å². The number of anilines is 1. The number of carboxylic acids is 2. The number of benzene rings is 2. The number of para-hydroxylation sites is 2. The van der Waals surface area contributed by atoms with Crippen LogP contribution in [-0.2, 0) is 16.1 Å². The van der Waals surface area contributed by atoms with Gasteiger partial charge in [0.15, 0.2) is 0 Å². The maximum Gasteiger partial charge on any atom is 0.414 e. The molecule has 3 aromatic rings. The molecule has 0 saturated carbocycles. The van der Waals surface area contributed by atoms with Crippen LogP contribution in [0.2, 0.25) is 0 Å². The van der Waals surface area contributed by atoms with Crippen molar-refractivity contribution in [2.24, 2.45) is 0 Å². The molecule has 0 unspecified atom stereocenters. The van der Waals surface area contributed by atoms with Crippen molar-refractivity contribution in [1.82, 2.24) is 19.8 Å². The molecule has 3 N–H and O–H groups in total. The van der Waals surface area contributed by atoms with Gasteiger partial charge in [0.05, 0.1) is 17.6 Å². The molecule has 0 atom stereocenters. The minimum Gasteiger partial charge on any atom is -0.473 e. The average Bonchev–Trinajstić information content (AvgIpc) is 3.22. The molecule has 1 aliphatic heterocycles. The van der Waals surface area contributed by atoms with Crippen molar-refractivity contribution in [3.63, 3.8) is 0 Å². The Kier molecular flexibility index (Phi) is 7.62. The average molecular weight is 453 g/mol. The fraction of sp³-hybridized carbons (Fsp3) is 0.304. The van der Waals surface area contributed by atoms with E-state index < -0.39 is 11.9 Å². The smallest absolute Gasteiger partial charge is 0.414 e. The van der Waals surface area contributed by atoms with E-state index in [4.69, 9.17) is 19.8 Å². The van der Waals surface area contributed by atoms with Gasteiger partial charge in [-0.2, -0.15) is 0 Å². The first kappa shape index (κ1) is 23.7. The fourth-order valence-corrected chi connectivity index (χ4v) is 3.50. The Morgan fingerprint density at radius 1 is 0.970 bits per heavy atom. The maximum absolute atomic E-state index is 12.8. The first-order chi connectivity index (χ1) is 15.7. The van der Waals surface area contributed by atoms with Gasteiger partial charge in [-0.3, -0.25) is 9.69 Å². The molecule has 1 aliphatic rings. The highest BCUT2D eigenvalue weighted by Gasteiger charge is 2.23. The summed E-state index contributed by atoms with van der Waals surface area (Å²) in [6.45, 7) is 3.98. The van der Waals surface area contributed by atoms with Gasteiger partial charge in [-0.25, -0.2) is 14.6 Å². The van der Waals surface area contributed by atoms with E-state index in [1.807, 2.05) is 72.4 Å². The second kappa shape index (κ2) is 10.6. The number of piperazine rings is 1. The maximum atomic E-state index is 12.8. The van der Waals surface area contributed by atoms with Crippen LogP contribution in [0.3, 0.4) is 0 Å². The number of nitrogens with one attached hydrogen (secondary N) is 1. The molecular formula is C23H27N5O5. The van der Waals surface area contributed by atoms with Crippen molar-refractivity contribution in [3.8, 4) is 0 Å². The molecule has 1 aromatic heterocycles. The van der Waals surface area contributed by atoms with Gasteiger partial charge in [-0.05, 0) is 30.3 Å². The molecule has 4 rings (SSSR count). The van der Waals surface area contributed by atoms with Gasteiger partial charge in [-0.1, -0.05) is 18.2 Å². The Labute approximate surface area is 191 Å². The third kappa shape index (κ3) is 6.30. The zero-order valence-electron chi connectivity index (χ0n) is 18.6. The summed E-state index contributed by atoms with van der Waals surface area (Å²) in [5.41, 5.74) is 3.88. The molecule has 2 heterocycles. The van der Waals surface area contributed by atoms with Gasteiger partial charge < -0.3 is 25.0 Å². The summed E-state index contributed by atoms with van der Waals surface area (Å²) in [4.78, 5) is 45.4. The van der Waals surface area contributed by atoms with Crippen LogP contribution in [0.4, 0.5) is 5.69 Å². The van der Waals surface area contributed by atoms with E-state index in [1.54, 1.807) is 0 Å². The van der Waals surface area contributed by atoms with E-state index in [-0.39, 0.29) is 5.91 Å². The van der Waals surface area contributed by atoms with Crippen LogP contribution in [0.15, 0.2) is 48.5 Å². The monoisotopic (exact) mass is 453 g/mol. The lowest BCUT2D eigenvalue weighted by Gasteiger charge is -2.34. The molecule has 0 bridgehead atoms. The molecule has 33 heavy (non-hydrogen) atoms. The zero-order valence-corrected chi connectivity index (χ0v) is 18.6. The molecule has 1 saturated heterocycles. The molecule has 0 aliphatic carbocycles. The Bertz CT molecular complexity index is 1090. The highest BCUT2D eigenvalue weighted by Crippen LogP contribution is 2.17. The molecular weight excluding hydrogens is 426 g/mol. The van der Waals surface area contributed by atoms with Gasteiger partial charge in [0.2, 0.25) is 0 Å². The number of carbonyl (C=O) groups is 3. The lowest BCUT2D eigenvalue weighted by Crippen LogP contribution is -2.48. The summed E-state index contributed by atoms with van der Waals surface area (Å²) in [6, 6.07) is 15.9. The standard InChI is InChI=1S/C21H25N5O.C2H2O4/c1-24(2)17-7-5-6-16(14-17)21(27)26-12-10-25(11-13-26)15-20-22-18-8-3-4-9-19(18)23-20;3-1(4)2(5)6/h3-9,14H,10-13,15H2,1-2H3,(H,22,23);(H,3,4)(H,5,6). The molecule has 10 heteroatoms. The number of aromatic nitrogens is 2. The van der Waals surface area contributed by atoms with Crippen LogP contribution in [0.25, 0.3) is 11.0 Å². The lowest BCUT2D eigenvalue weighted by atomic mass is 10.1. The highest BCUT2D eigenvalue weighted by molar-refractivity contribution is 6.27. The summed E-state index contributed by atoms with van der Waals surface area (Å²) < 4.78 is 0. The Balaban J connectivity index is 0.000000454. The van der Waals surface area contributed by atoms with Crippen molar-refractivity contribution in [1.29, 1.82) is 0 Å². The summed E-state index contributed by atoms with van der Waals surface area (Å²) >= 11 is 0. The topological polar surface area (TPSA) is 130 Å². The Hall–Kier alpha value is -3.92. The number of nitrogens with zero attached hydrogens (tertiary/aromatic N) is 4. The number of rotatable bonds is 4. The van der Waals surface area contributed by atoms with Crippen molar-refractivity contribution in [3.05, 3.63) is 59.9 Å². The summed E-state index contributed by atoms with van der Waals surface area (Å²) in [7, 11) is 3.97. The number of amides is 1. The minimum absolute atomic E-state index is 0.113. The quantitative estimate of drug-likeness (QED) is 0.510. The van der Waals surface area contributed by atoms with E-state index in [1.165, 1.54) is 0 Å². The van der Waals surface area contributed by atoms with Gasteiger partial charge in [0.1, 0.15) is 5.82 Å². The summed E-state index contributed by atoms with van der Waals surface area (Å²) in [5.74, 6) is -2.55. The molecule has 174 valence electrons. The number of aliphatic carboxylic acids is 2. The van der Waals surface area contributed by atoms with Crippen molar-refractivity contribution < 1.29 is 24.6 Å². The Morgan fingerprint density at radius 2 is 1.64 bits per heavy atom. The van der Waals surface area contributed by atoms with Crippen molar-refractivity contribution in [2.75, 3.05) is 45.2 Å². The lowest BCUT2D eigenvalue weighted by molar-refractivity contribution is -0.159. The number of hydrogen-bond donors (Lipinski definition) is 3. The number of carboxylic acid groups (broad SMARTS) is 2. The van der Waals surface area contributed by atoms with Crippen LogP contribution < -0.4 is 4.90 Å². The first-order valence-electron chi connectivity index (χ1n) is 10.4. The highest BCUT2D eigenvalue weighted by atomic mass is 16.4. The van der Waals surface area contributed by atoms with E-state index in [0.717, 1.165) is 60.8 Å². The van der Waals surface area contributed by atoms with E-state index >= 15 is 0 Å². The van der Waals surface area contributed by atoms with E-state index in [9.17, 15) is 4.79 Å². The predicted octanol–water partition coefficient (Wildman–Crippen LogP) is 1.74. The van der Waals surface area contributed by atoms with Crippen molar-refractivity contribution >= 4 is 34.6 Å². The molecule has 0 spiro atoms. The van der Waals surface area contributed by atoms with E-state index in [0.29, 0.717) is 0 Å². The van der Waals surface area contributed by atoms with Crippen molar-refractivity contribution in [2.45, 2.75) is 6.54 Å². The second-order valence-corrected chi connectivity index (χ2v) is 7.82. The fourth-order valence-electron chi connectivity index (χ4n) is 3.50. The third-order valence-corrected chi connectivity index (χ3v) is 5.26. The van der Waals surface area contributed by atoms with Crippen LogP contribution in [0.1, 0.15) is 16.2 Å². The number of H-pyrrole nitrogens is 1. The SMILES string of the molecule is CN(C)c1cccc(C(=O)N2CCN(Cc3nc4ccccc4[nH]3)CC2)c1.O=C(O)C(=O)O. The number of imidazole rings is 1.